The maximum Gasteiger partial charge on any atom is 0.226 e. The van der Waals surface area contributed by atoms with E-state index >= 15 is 0 Å². The summed E-state index contributed by atoms with van der Waals surface area (Å²) in [6.07, 6.45) is 0.402. The van der Waals surface area contributed by atoms with Crippen LogP contribution in [0.3, 0.4) is 0 Å². The molecule has 1 aromatic heterocycles. The van der Waals surface area contributed by atoms with E-state index in [9.17, 15) is 9.90 Å². The number of benzene rings is 1. The molecule has 130 valence electrons. The molecular formula is C18H20N4O2S. The predicted octanol–water partition coefficient (Wildman–Crippen LogP) is 2.48. The fourth-order valence-electron chi connectivity index (χ4n) is 2.89. The van der Waals surface area contributed by atoms with E-state index in [1.807, 2.05) is 18.2 Å². The van der Waals surface area contributed by atoms with Crippen LogP contribution in [0.1, 0.15) is 12.0 Å². The molecule has 1 amide bonds. The Kier molecular flexibility index (Phi) is 5.53. The second kappa shape index (κ2) is 8.01. The minimum absolute atomic E-state index is 0.0675. The van der Waals surface area contributed by atoms with Crippen LogP contribution in [0, 0.1) is 11.3 Å². The highest BCUT2D eigenvalue weighted by Gasteiger charge is 2.19. The van der Waals surface area contributed by atoms with Gasteiger partial charge < -0.3 is 15.3 Å². The number of anilines is 2. The minimum Gasteiger partial charge on any atom is -0.506 e. The number of para-hydroxylation sites is 2. The first kappa shape index (κ1) is 17.3. The number of amides is 1. The number of nitrogens with one attached hydrogen (secondary N) is 1. The molecule has 0 radical (unpaired) electrons. The Morgan fingerprint density at radius 2 is 2.00 bits per heavy atom. The van der Waals surface area contributed by atoms with E-state index < -0.39 is 0 Å². The Bertz CT molecular complexity index is 775. The summed E-state index contributed by atoms with van der Waals surface area (Å²) < 4.78 is 0. The van der Waals surface area contributed by atoms with Gasteiger partial charge in [-0.15, -0.1) is 11.3 Å². The minimum atomic E-state index is -0.0675. The SMILES string of the molecule is N#Cc1ccsc1NC(=O)CCN1CCN(c2ccccc2O)CC1. The van der Waals surface area contributed by atoms with Gasteiger partial charge in [0.05, 0.1) is 11.3 Å². The summed E-state index contributed by atoms with van der Waals surface area (Å²) >= 11 is 1.36. The van der Waals surface area contributed by atoms with E-state index in [2.05, 4.69) is 21.2 Å². The molecule has 1 fully saturated rings. The fraction of sp³-hybridized carbons (Fsp3) is 0.333. The number of hydrogen-bond acceptors (Lipinski definition) is 6. The quantitative estimate of drug-likeness (QED) is 0.860. The summed E-state index contributed by atoms with van der Waals surface area (Å²) in [5, 5.41) is 24.1. The number of phenolic OH excluding ortho intramolecular Hbond substituents is 1. The maximum atomic E-state index is 12.1. The van der Waals surface area contributed by atoms with E-state index in [-0.39, 0.29) is 5.91 Å². The van der Waals surface area contributed by atoms with Crippen molar-refractivity contribution in [3.63, 3.8) is 0 Å². The Hall–Kier alpha value is -2.56. The third-order valence-corrected chi connectivity index (χ3v) is 5.12. The van der Waals surface area contributed by atoms with Crippen LogP contribution in [0.15, 0.2) is 35.7 Å². The first-order valence-electron chi connectivity index (χ1n) is 8.20. The van der Waals surface area contributed by atoms with Gasteiger partial charge in [-0.25, -0.2) is 0 Å². The van der Waals surface area contributed by atoms with Crippen molar-refractivity contribution in [3.05, 3.63) is 41.3 Å². The van der Waals surface area contributed by atoms with Crippen LogP contribution in [0.25, 0.3) is 0 Å². The molecule has 2 N–H and O–H groups in total. The van der Waals surface area contributed by atoms with E-state index in [0.717, 1.165) is 31.9 Å². The predicted molar refractivity (Wildman–Crippen MR) is 99.0 cm³/mol. The van der Waals surface area contributed by atoms with Crippen molar-refractivity contribution in [2.24, 2.45) is 0 Å². The smallest absolute Gasteiger partial charge is 0.226 e. The summed E-state index contributed by atoms with van der Waals surface area (Å²) in [5.41, 5.74) is 1.37. The van der Waals surface area contributed by atoms with Crippen LogP contribution in [0.4, 0.5) is 10.7 Å². The molecule has 1 aliphatic rings. The Balaban J connectivity index is 1.44. The monoisotopic (exact) mass is 356 g/mol. The van der Waals surface area contributed by atoms with Crippen molar-refractivity contribution in [1.29, 1.82) is 5.26 Å². The number of rotatable bonds is 5. The number of carbonyl (C=O) groups is 1. The highest BCUT2D eigenvalue weighted by molar-refractivity contribution is 7.14. The number of nitriles is 1. The molecule has 0 aliphatic carbocycles. The summed E-state index contributed by atoms with van der Waals surface area (Å²) in [4.78, 5) is 16.5. The van der Waals surface area contributed by atoms with Gasteiger partial charge in [-0.1, -0.05) is 12.1 Å². The molecule has 7 heteroatoms. The standard InChI is InChI=1S/C18H20N4O2S/c19-13-14-6-12-25-18(14)20-17(24)5-7-21-8-10-22(11-9-21)15-3-1-2-4-16(15)23/h1-4,6,12,23H,5,7-11H2,(H,20,24). The third kappa shape index (κ3) is 4.29. The molecule has 3 rings (SSSR count). The number of piperazine rings is 1. The largest absolute Gasteiger partial charge is 0.506 e. The third-order valence-electron chi connectivity index (χ3n) is 4.29. The average molecular weight is 356 g/mol. The zero-order chi connectivity index (χ0) is 17.6. The van der Waals surface area contributed by atoms with Crippen molar-refractivity contribution in [1.82, 2.24) is 4.90 Å². The molecule has 25 heavy (non-hydrogen) atoms. The average Bonchev–Trinajstić information content (AvgIpc) is 3.08. The van der Waals surface area contributed by atoms with E-state index in [1.165, 1.54) is 11.3 Å². The first-order chi connectivity index (χ1) is 12.2. The molecule has 0 saturated carbocycles. The molecule has 2 heterocycles. The molecular weight excluding hydrogens is 336 g/mol. The maximum absolute atomic E-state index is 12.1. The van der Waals surface area contributed by atoms with Crippen LogP contribution in [-0.2, 0) is 4.79 Å². The lowest BCUT2D eigenvalue weighted by Gasteiger charge is -2.36. The Labute approximate surface area is 150 Å². The zero-order valence-corrected chi connectivity index (χ0v) is 14.6. The van der Waals surface area contributed by atoms with Gasteiger partial charge in [0.2, 0.25) is 5.91 Å². The lowest BCUT2D eigenvalue weighted by Crippen LogP contribution is -2.47. The van der Waals surface area contributed by atoms with Gasteiger partial charge in [0.25, 0.3) is 0 Å². The lowest BCUT2D eigenvalue weighted by atomic mass is 10.2. The Morgan fingerprint density at radius 3 is 2.72 bits per heavy atom. The van der Waals surface area contributed by atoms with E-state index in [1.54, 1.807) is 17.5 Å². The van der Waals surface area contributed by atoms with Crippen LogP contribution in [0.5, 0.6) is 5.75 Å². The molecule has 0 spiro atoms. The second-order valence-electron chi connectivity index (χ2n) is 5.89. The second-order valence-corrected chi connectivity index (χ2v) is 6.81. The molecule has 1 saturated heterocycles. The van der Waals surface area contributed by atoms with Crippen LogP contribution in [-0.4, -0.2) is 48.6 Å². The van der Waals surface area contributed by atoms with Crippen molar-refractivity contribution in [2.45, 2.75) is 6.42 Å². The first-order valence-corrected chi connectivity index (χ1v) is 9.08. The Morgan fingerprint density at radius 1 is 1.24 bits per heavy atom. The van der Waals surface area contributed by atoms with Crippen molar-refractivity contribution < 1.29 is 9.90 Å². The molecule has 0 unspecified atom stereocenters. The number of thiophene rings is 1. The summed E-state index contributed by atoms with van der Waals surface area (Å²) in [6.45, 7) is 4.03. The molecule has 0 atom stereocenters. The normalized spacial score (nSPS) is 14.9. The summed E-state index contributed by atoms with van der Waals surface area (Å²) in [5.74, 6) is 0.238. The van der Waals surface area contributed by atoms with Gasteiger partial charge >= 0.3 is 0 Å². The van der Waals surface area contributed by atoms with Crippen molar-refractivity contribution in [2.75, 3.05) is 42.9 Å². The summed E-state index contributed by atoms with van der Waals surface area (Å²) in [7, 11) is 0. The van der Waals surface area contributed by atoms with Gasteiger partial charge in [-0.3, -0.25) is 9.69 Å². The van der Waals surface area contributed by atoms with E-state index in [4.69, 9.17) is 5.26 Å². The summed E-state index contributed by atoms with van der Waals surface area (Å²) in [6, 6.07) is 11.1. The zero-order valence-electron chi connectivity index (χ0n) is 13.8. The fourth-order valence-corrected chi connectivity index (χ4v) is 3.64. The highest BCUT2D eigenvalue weighted by Crippen LogP contribution is 2.27. The van der Waals surface area contributed by atoms with Gasteiger partial charge in [0, 0.05) is 39.1 Å². The number of carbonyl (C=O) groups excluding carboxylic acids is 1. The highest BCUT2D eigenvalue weighted by atomic mass is 32.1. The van der Waals surface area contributed by atoms with Crippen LogP contribution < -0.4 is 10.2 Å². The van der Waals surface area contributed by atoms with E-state index in [0.29, 0.717) is 29.3 Å². The number of nitrogens with zero attached hydrogens (tertiary/aromatic N) is 3. The number of hydrogen-bond donors (Lipinski definition) is 2. The van der Waals surface area contributed by atoms with Crippen LogP contribution in [0.2, 0.25) is 0 Å². The number of aromatic hydroxyl groups is 1. The van der Waals surface area contributed by atoms with Gasteiger partial charge in [0.1, 0.15) is 16.8 Å². The number of phenols is 1. The topological polar surface area (TPSA) is 79.6 Å². The van der Waals surface area contributed by atoms with Gasteiger partial charge in [0.15, 0.2) is 0 Å². The van der Waals surface area contributed by atoms with Crippen LogP contribution >= 0.6 is 11.3 Å². The molecule has 0 bridgehead atoms. The molecule has 1 aliphatic heterocycles. The van der Waals surface area contributed by atoms with Crippen molar-refractivity contribution in [3.8, 4) is 11.8 Å². The van der Waals surface area contributed by atoms with Crippen molar-refractivity contribution >= 4 is 27.9 Å². The molecule has 2 aromatic rings. The van der Waals surface area contributed by atoms with Gasteiger partial charge in [-0.2, -0.15) is 5.26 Å². The molecule has 6 nitrogen and oxygen atoms in total. The lowest BCUT2D eigenvalue weighted by molar-refractivity contribution is -0.116. The molecule has 1 aromatic carbocycles. The van der Waals surface area contributed by atoms with Gasteiger partial charge in [-0.05, 0) is 23.6 Å².